The lowest BCUT2D eigenvalue weighted by molar-refractivity contribution is -0.114. The number of hydrogen-bond acceptors (Lipinski definition) is 7. The third kappa shape index (κ3) is 5.39. The number of nitrogens with two attached hydrogens (primary N) is 2. The molecule has 0 atom stereocenters. The molecule has 2 aromatic rings. The Morgan fingerprint density at radius 2 is 1.90 bits per heavy atom. The minimum Gasteiger partial charge on any atom is -0.489 e. The molecule has 0 saturated carbocycles. The van der Waals surface area contributed by atoms with Gasteiger partial charge in [-0.2, -0.15) is 4.99 Å². The standard InChI is InChI=1S/C20H24N6O2.ClH/c1-13(27)23-15-7-5-9-17(11-15)28-12-14-6-4-8-16(10-14)26-19(22)24-18(21)25-20(26,2)3;/h4-11H,12H2,1-3H3,(H,23,27)(H4,21,22,24,25);1H. The lowest BCUT2D eigenvalue weighted by atomic mass is 10.1. The summed E-state index contributed by atoms with van der Waals surface area (Å²) in [6.07, 6.45) is 0. The van der Waals surface area contributed by atoms with Gasteiger partial charge in [0.1, 0.15) is 18.0 Å². The Hall–Kier alpha value is -3.26. The molecular weight excluding hydrogens is 392 g/mol. The number of ether oxygens (including phenoxy) is 1. The smallest absolute Gasteiger partial charge is 0.221 e. The van der Waals surface area contributed by atoms with Crippen molar-refractivity contribution < 1.29 is 9.53 Å². The first-order valence-corrected chi connectivity index (χ1v) is 8.84. The van der Waals surface area contributed by atoms with E-state index in [1.54, 1.807) is 6.07 Å². The highest BCUT2D eigenvalue weighted by Gasteiger charge is 2.32. The zero-order chi connectivity index (χ0) is 20.3. The molecule has 0 fully saturated rings. The van der Waals surface area contributed by atoms with E-state index in [0.29, 0.717) is 24.0 Å². The fourth-order valence-corrected chi connectivity index (χ4v) is 3.07. The molecule has 3 rings (SSSR count). The van der Waals surface area contributed by atoms with Gasteiger partial charge in [0.25, 0.3) is 0 Å². The summed E-state index contributed by atoms with van der Waals surface area (Å²) in [4.78, 5) is 21.5. The predicted octanol–water partition coefficient (Wildman–Crippen LogP) is 2.83. The van der Waals surface area contributed by atoms with Crippen molar-refractivity contribution >= 4 is 41.6 Å². The Morgan fingerprint density at radius 3 is 2.59 bits per heavy atom. The van der Waals surface area contributed by atoms with Gasteiger partial charge in [-0.15, -0.1) is 12.4 Å². The van der Waals surface area contributed by atoms with E-state index in [1.165, 1.54) is 6.92 Å². The van der Waals surface area contributed by atoms with Crippen molar-refractivity contribution in [1.29, 1.82) is 0 Å². The van der Waals surface area contributed by atoms with Gasteiger partial charge in [-0.3, -0.25) is 9.69 Å². The van der Waals surface area contributed by atoms with Crippen LogP contribution in [-0.2, 0) is 11.4 Å². The highest BCUT2D eigenvalue weighted by atomic mass is 35.5. The molecule has 0 bridgehead atoms. The van der Waals surface area contributed by atoms with E-state index in [0.717, 1.165) is 11.3 Å². The number of carbonyl (C=O) groups excluding carboxylic acids is 1. The van der Waals surface area contributed by atoms with Crippen molar-refractivity contribution in [2.45, 2.75) is 33.0 Å². The first-order chi connectivity index (χ1) is 13.2. The number of carbonyl (C=O) groups is 1. The molecule has 0 spiro atoms. The maximum absolute atomic E-state index is 11.2. The molecule has 2 aromatic carbocycles. The van der Waals surface area contributed by atoms with Crippen LogP contribution in [-0.4, -0.2) is 23.5 Å². The maximum Gasteiger partial charge on any atom is 0.221 e. The summed E-state index contributed by atoms with van der Waals surface area (Å²) in [5.41, 5.74) is 13.7. The van der Waals surface area contributed by atoms with Crippen molar-refractivity contribution in [3.63, 3.8) is 0 Å². The van der Waals surface area contributed by atoms with Gasteiger partial charge < -0.3 is 21.5 Å². The van der Waals surface area contributed by atoms with Crippen LogP contribution in [0.15, 0.2) is 58.5 Å². The van der Waals surface area contributed by atoms with Gasteiger partial charge in [0.15, 0.2) is 0 Å². The highest BCUT2D eigenvalue weighted by molar-refractivity contribution is 6.05. The average Bonchev–Trinajstić information content (AvgIpc) is 2.58. The van der Waals surface area contributed by atoms with Crippen LogP contribution >= 0.6 is 12.4 Å². The van der Waals surface area contributed by atoms with Crippen LogP contribution in [0.2, 0.25) is 0 Å². The number of benzene rings is 2. The van der Waals surface area contributed by atoms with Crippen LogP contribution in [0, 0.1) is 0 Å². The Bertz CT molecular complexity index is 957. The molecule has 9 heteroatoms. The van der Waals surface area contributed by atoms with Gasteiger partial charge in [-0.1, -0.05) is 18.2 Å². The number of rotatable bonds is 5. The summed E-state index contributed by atoms with van der Waals surface area (Å²) in [6.45, 7) is 5.65. The number of anilines is 2. The van der Waals surface area contributed by atoms with Gasteiger partial charge in [-0.25, -0.2) is 4.99 Å². The zero-order valence-corrected chi connectivity index (χ0v) is 17.4. The molecule has 5 N–H and O–H groups in total. The molecule has 154 valence electrons. The molecule has 8 nitrogen and oxygen atoms in total. The topological polar surface area (TPSA) is 118 Å². The SMILES string of the molecule is CC(=O)Nc1cccc(OCc2cccc(N3C(N)=NC(N)=NC3(C)C)c2)c1.Cl. The van der Waals surface area contributed by atoms with Gasteiger partial charge in [-0.05, 0) is 43.7 Å². The molecule has 0 radical (unpaired) electrons. The number of nitrogens with one attached hydrogen (secondary N) is 1. The van der Waals surface area contributed by atoms with Crippen molar-refractivity contribution in [2.24, 2.45) is 21.5 Å². The lowest BCUT2D eigenvalue weighted by Crippen LogP contribution is -2.54. The zero-order valence-electron chi connectivity index (χ0n) is 16.5. The van der Waals surface area contributed by atoms with Gasteiger partial charge >= 0.3 is 0 Å². The van der Waals surface area contributed by atoms with Crippen molar-refractivity contribution in [3.8, 4) is 5.75 Å². The number of aliphatic imine (C=N–C) groups is 2. The van der Waals surface area contributed by atoms with Crippen LogP contribution in [0.4, 0.5) is 11.4 Å². The second-order valence-corrected chi connectivity index (χ2v) is 6.94. The van der Waals surface area contributed by atoms with E-state index < -0.39 is 5.66 Å². The molecule has 1 aliphatic rings. The number of amides is 1. The Kier molecular flexibility index (Phi) is 6.71. The van der Waals surface area contributed by atoms with Crippen LogP contribution in [0.3, 0.4) is 0 Å². The summed E-state index contributed by atoms with van der Waals surface area (Å²) >= 11 is 0. The Labute approximate surface area is 176 Å². The number of guanidine groups is 2. The van der Waals surface area contributed by atoms with E-state index in [1.807, 2.05) is 61.2 Å². The third-order valence-electron chi connectivity index (χ3n) is 4.12. The monoisotopic (exact) mass is 416 g/mol. The van der Waals surface area contributed by atoms with E-state index in [2.05, 4.69) is 15.3 Å². The fourth-order valence-electron chi connectivity index (χ4n) is 3.07. The quantitative estimate of drug-likeness (QED) is 0.692. The molecule has 1 amide bonds. The third-order valence-corrected chi connectivity index (χ3v) is 4.12. The van der Waals surface area contributed by atoms with Crippen LogP contribution in [0.25, 0.3) is 0 Å². The van der Waals surface area contributed by atoms with E-state index in [9.17, 15) is 4.79 Å². The van der Waals surface area contributed by atoms with Crippen molar-refractivity contribution in [3.05, 3.63) is 54.1 Å². The Balaban J connectivity index is 0.00000300. The van der Waals surface area contributed by atoms with Crippen LogP contribution in [0.5, 0.6) is 5.75 Å². The maximum atomic E-state index is 11.2. The number of hydrogen-bond donors (Lipinski definition) is 3. The number of halogens is 1. The van der Waals surface area contributed by atoms with E-state index >= 15 is 0 Å². The van der Waals surface area contributed by atoms with Gasteiger partial charge in [0.2, 0.25) is 17.8 Å². The van der Waals surface area contributed by atoms with Gasteiger partial charge in [0, 0.05) is 24.4 Å². The summed E-state index contributed by atoms with van der Waals surface area (Å²) in [5.74, 6) is 0.987. The molecule has 1 heterocycles. The molecule has 0 aliphatic carbocycles. The van der Waals surface area contributed by atoms with Crippen LogP contribution < -0.4 is 26.4 Å². The molecule has 0 unspecified atom stereocenters. The van der Waals surface area contributed by atoms with E-state index in [4.69, 9.17) is 16.2 Å². The van der Waals surface area contributed by atoms with Crippen molar-refractivity contribution in [1.82, 2.24) is 0 Å². The second kappa shape index (κ2) is 8.83. The van der Waals surface area contributed by atoms with Crippen molar-refractivity contribution in [2.75, 3.05) is 10.2 Å². The van der Waals surface area contributed by atoms with Crippen LogP contribution in [0.1, 0.15) is 26.3 Å². The minimum atomic E-state index is -0.651. The average molecular weight is 417 g/mol. The molecule has 1 aliphatic heterocycles. The first-order valence-electron chi connectivity index (χ1n) is 8.84. The van der Waals surface area contributed by atoms with E-state index in [-0.39, 0.29) is 24.3 Å². The second-order valence-electron chi connectivity index (χ2n) is 6.94. The fraction of sp³-hybridized carbons (Fsp3) is 0.250. The predicted molar refractivity (Wildman–Crippen MR) is 119 cm³/mol. The highest BCUT2D eigenvalue weighted by Crippen LogP contribution is 2.28. The largest absolute Gasteiger partial charge is 0.489 e. The molecule has 0 saturated heterocycles. The Morgan fingerprint density at radius 1 is 1.17 bits per heavy atom. The van der Waals surface area contributed by atoms with Gasteiger partial charge in [0.05, 0.1) is 0 Å². The minimum absolute atomic E-state index is 0. The summed E-state index contributed by atoms with van der Waals surface area (Å²) in [5, 5.41) is 2.74. The summed E-state index contributed by atoms with van der Waals surface area (Å²) < 4.78 is 5.87. The molecule has 0 aromatic heterocycles. The molecular formula is C20H25ClN6O2. The lowest BCUT2D eigenvalue weighted by Gasteiger charge is -2.38. The summed E-state index contributed by atoms with van der Waals surface area (Å²) in [6, 6.07) is 15.0. The summed E-state index contributed by atoms with van der Waals surface area (Å²) in [7, 11) is 0. The number of nitrogens with zero attached hydrogens (tertiary/aromatic N) is 3. The molecule has 29 heavy (non-hydrogen) atoms. The normalized spacial score (nSPS) is 14.9. The first kappa shape index (κ1) is 22.0.